The standard InChI is InChI=1S/C22H34ClNO5/c1-13-16(24-14(2)25)12-15(10-9-11-23)18(20(27)29-22(6,7)8)17(13)19(26)28-21(3,4)5/h12-13,16H,9-11H2,1-8H3,(H,24,25)/t13-,16-/m0/s1. The Balaban J connectivity index is 3.58. The Morgan fingerprint density at radius 1 is 1.03 bits per heavy atom. The highest BCUT2D eigenvalue weighted by molar-refractivity contribution is 6.17. The molecule has 0 aromatic heterocycles. The van der Waals surface area contributed by atoms with Gasteiger partial charge in [0.2, 0.25) is 5.91 Å². The number of amides is 1. The van der Waals surface area contributed by atoms with Crippen molar-refractivity contribution in [1.82, 2.24) is 5.32 Å². The van der Waals surface area contributed by atoms with Gasteiger partial charge in [-0.25, -0.2) is 9.59 Å². The van der Waals surface area contributed by atoms with Gasteiger partial charge in [-0.05, 0) is 60.0 Å². The Hall–Kier alpha value is -1.82. The summed E-state index contributed by atoms with van der Waals surface area (Å²) in [6.45, 7) is 13.8. The fraction of sp³-hybridized carbons (Fsp3) is 0.682. The van der Waals surface area contributed by atoms with Crippen LogP contribution in [-0.2, 0) is 23.9 Å². The third-order valence-corrected chi connectivity index (χ3v) is 4.40. The van der Waals surface area contributed by atoms with Crippen LogP contribution >= 0.6 is 11.6 Å². The Morgan fingerprint density at radius 3 is 2.00 bits per heavy atom. The number of halogens is 1. The molecule has 0 unspecified atom stereocenters. The Morgan fingerprint density at radius 2 is 1.55 bits per heavy atom. The van der Waals surface area contributed by atoms with E-state index in [0.29, 0.717) is 24.3 Å². The molecule has 0 bridgehead atoms. The van der Waals surface area contributed by atoms with Gasteiger partial charge in [-0.1, -0.05) is 13.0 Å². The third kappa shape index (κ3) is 7.84. The predicted octanol–water partition coefficient (Wildman–Crippen LogP) is 4.07. The topological polar surface area (TPSA) is 81.7 Å². The van der Waals surface area contributed by atoms with E-state index in [1.807, 2.05) is 6.08 Å². The molecule has 0 aliphatic heterocycles. The van der Waals surface area contributed by atoms with Crippen molar-refractivity contribution in [1.29, 1.82) is 0 Å². The van der Waals surface area contributed by atoms with Crippen LogP contribution in [0.15, 0.2) is 22.8 Å². The van der Waals surface area contributed by atoms with Crippen LogP contribution in [0.5, 0.6) is 0 Å². The minimum atomic E-state index is -0.732. The van der Waals surface area contributed by atoms with E-state index >= 15 is 0 Å². The highest BCUT2D eigenvalue weighted by Gasteiger charge is 2.39. The lowest BCUT2D eigenvalue weighted by Gasteiger charge is -2.33. The smallest absolute Gasteiger partial charge is 0.339 e. The summed E-state index contributed by atoms with van der Waals surface area (Å²) in [6, 6.07) is -0.438. The van der Waals surface area contributed by atoms with E-state index in [2.05, 4.69) is 5.32 Å². The number of hydrogen-bond acceptors (Lipinski definition) is 5. The first-order valence-electron chi connectivity index (χ1n) is 9.91. The van der Waals surface area contributed by atoms with E-state index < -0.39 is 35.1 Å². The average molecular weight is 428 g/mol. The monoisotopic (exact) mass is 427 g/mol. The van der Waals surface area contributed by atoms with Crippen LogP contribution in [0, 0.1) is 5.92 Å². The van der Waals surface area contributed by atoms with Gasteiger partial charge in [0.15, 0.2) is 0 Å². The normalized spacial score (nSPS) is 20.1. The number of hydrogen-bond donors (Lipinski definition) is 1. The second kappa shape index (κ2) is 9.79. The second-order valence-electron chi connectivity index (χ2n) is 9.29. The first kappa shape index (κ1) is 25.2. The molecule has 1 amide bonds. The number of nitrogens with one attached hydrogen (secondary N) is 1. The van der Waals surface area contributed by atoms with Gasteiger partial charge in [-0.3, -0.25) is 4.79 Å². The summed E-state index contributed by atoms with van der Waals surface area (Å²) >= 11 is 5.87. The van der Waals surface area contributed by atoms with Gasteiger partial charge in [0.25, 0.3) is 0 Å². The minimum Gasteiger partial charge on any atom is -0.457 e. The predicted molar refractivity (Wildman–Crippen MR) is 114 cm³/mol. The number of alkyl halides is 1. The molecule has 0 fully saturated rings. The van der Waals surface area contributed by atoms with Crippen molar-refractivity contribution in [3.05, 3.63) is 22.8 Å². The minimum absolute atomic E-state index is 0.216. The van der Waals surface area contributed by atoms with E-state index in [-0.39, 0.29) is 17.1 Å². The maximum Gasteiger partial charge on any atom is 0.339 e. The first-order chi connectivity index (χ1) is 13.2. The molecule has 0 saturated carbocycles. The maximum absolute atomic E-state index is 13.1. The Kier molecular flexibility index (Phi) is 8.51. The third-order valence-electron chi connectivity index (χ3n) is 4.14. The van der Waals surface area contributed by atoms with Crippen LogP contribution in [0.25, 0.3) is 0 Å². The lowest BCUT2D eigenvalue weighted by Crippen LogP contribution is -2.43. The van der Waals surface area contributed by atoms with Gasteiger partial charge >= 0.3 is 11.9 Å². The largest absolute Gasteiger partial charge is 0.457 e. The molecule has 2 atom stereocenters. The molecule has 1 aliphatic rings. The van der Waals surface area contributed by atoms with Crippen molar-refractivity contribution in [2.45, 2.75) is 85.5 Å². The summed E-state index contributed by atoms with van der Waals surface area (Å²) < 4.78 is 11.2. The zero-order chi connectivity index (χ0) is 22.6. The molecule has 1 aliphatic carbocycles. The van der Waals surface area contributed by atoms with Crippen LogP contribution in [0.4, 0.5) is 0 Å². The summed E-state index contributed by atoms with van der Waals surface area (Å²) in [7, 11) is 0. The molecular formula is C22H34ClNO5. The fourth-order valence-electron chi connectivity index (χ4n) is 3.08. The lowest BCUT2D eigenvalue weighted by molar-refractivity contribution is -0.154. The zero-order valence-corrected chi connectivity index (χ0v) is 19.5. The quantitative estimate of drug-likeness (QED) is 0.510. The summed E-state index contributed by atoms with van der Waals surface area (Å²) in [4.78, 5) is 37.9. The first-order valence-corrected chi connectivity index (χ1v) is 10.4. The van der Waals surface area contributed by atoms with Crippen LogP contribution in [-0.4, -0.2) is 41.0 Å². The summed E-state index contributed by atoms with van der Waals surface area (Å²) in [5.41, 5.74) is -0.381. The fourth-order valence-corrected chi connectivity index (χ4v) is 3.22. The molecule has 6 nitrogen and oxygen atoms in total. The van der Waals surface area contributed by atoms with E-state index in [1.165, 1.54) is 6.92 Å². The number of carbonyl (C=O) groups excluding carboxylic acids is 3. The number of esters is 2. The summed E-state index contributed by atoms with van der Waals surface area (Å²) in [5, 5.41) is 2.85. The molecule has 164 valence electrons. The summed E-state index contributed by atoms with van der Waals surface area (Å²) in [5.74, 6) is -1.44. The average Bonchev–Trinajstić information content (AvgIpc) is 2.50. The van der Waals surface area contributed by atoms with Crippen LogP contribution in [0.2, 0.25) is 0 Å². The van der Waals surface area contributed by atoms with Crippen molar-refractivity contribution in [2.24, 2.45) is 5.92 Å². The van der Waals surface area contributed by atoms with Gasteiger partial charge < -0.3 is 14.8 Å². The zero-order valence-electron chi connectivity index (χ0n) is 18.8. The molecule has 0 radical (unpaired) electrons. The summed E-state index contributed by atoms with van der Waals surface area (Å²) in [6.07, 6.45) is 2.92. The molecular weight excluding hydrogens is 394 g/mol. The molecule has 29 heavy (non-hydrogen) atoms. The Bertz CT molecular complexity index is 710. The van der Waals surface area contributed by atoms with Gasteiger partial charge in [0.05, 0.1) is 17.2 Å². The highest BCUT2D eigenvalue weighted by atomic mass is 35.5. The maximum atomic E-state index is 13.1. The highest BCUT2D eigenvalue weighted by Crippen LogP contribution is 2.36. The molecule has 0 saturated heterocycles. The van der Waals surface area contributed by atoms with Crippen molar-refractivity contribution >= 4 is 29.4 Å². The molecule has 1 N–H and O–H groups in total. The molecule has 1 rings (SSSR count). The second-order valence-corrected chi connectivity index (χ2v) is 9.67. The van der Waals surface area contributed by atoms with Gasteiger partial charge in [-0.15, -0.1) is 11.6 Å². The number of rotatable bonds is 6. The molecule has 7 heteroatoms. The molecule has 0 spiro atoms. The van der Waals surface area contributed by atoms with E-state index in [4.69, 9.17) is 21.1 Å². The van der Waals surface area contributed by atoms with E-state index in [9.17, 15) is 14.4 Å². The molecule has 0 aromatic rings. The van der Waals surface area contributed by atoms with E-state index in [0.717, 1.165) is 0 Å². The SMILES string of the molecule is CC(=O)N[C@H]1C=C(CCCCl)C(C(=O)OC(C)(C)C)=C(C(=O)OC(C)(C)C)[C@H]1C. The van der Waals surface area contributed by atoms with Crippen LogP contribution in [0.1, 0.15) is 68.2 Å². The Labute approximate surface area is 179 Å². The lowest BCUT2D eigenvalue weighted by atomic mass is 9.79. The van der Waals surface area contributed by atoms with Crippen LogP contribution in [0.3, 0.4) is 0 Å². The van der Waals surface area contributed by atoms with Gasteiger partial charge in [0, 0.05) is 18.7 Å². The van der Waals surface area contributed by atoms with Gasteiger partial charge in [0.1, 0.15) is 11.2 Å². The van der Waals surface area contributed by atoms with E-state index in [1.54, 1.807) is 48.5 Å². The van der Waals surface area contributed by atoms with Crippen molar-refractivity contribution < 1.29 is 23.9 Å². The molecule has 0 aromatic carbocycles. The van der Waals surface area contributed by atoms with Crippen molar-refractivity contribution in [3.63, 3.8) is 0 Å². The number of carbonyl (C=O) groups is 3. The number of ether oxygens (including phenoxy) is 2. The van der Waals surface area contributed by atoms with Crippen molar-refractivity contribution in [2.75, 3.05) is 5.88 Å². The van der Waals surface area contributed by atoms with Crippen molar-refractivity contribution in [3.8, 4) is 0 Å². The van der Waals surface area contributed by atoms with Crippen LogP contribution < -0.4 is 5.32 Å². The van der Waals surface area contributed by atoms with Gasteiger partial charge in [-0.2, -0.15) is 0 Å². The molecule has 0 heterocycles.